The van der Waals surface area contributed by atoms with Gasteiger partial charge in [-0.1, -0.05) is 19.8 Å². The fourth-order valence-corrected chi connectivity index (χ4v) is 0.394. The molecule has 0 rings (SSSR count). The third kappa shape index (κ3) is 16.1. The van der Waals surface area contributed by atoms with Gasteiger partial charge in [0.05, 0.1) is 0 Å². The minimum absolute atomic E-state index is 0.380. The molecule has 72 valence electrons. The maximum Gasteiger partial charge on any atom is 0.195 e. The molecule has 0 unspecified atom stereocenters. The van der Waals surface area contributed by atoms with Gasteiger partial charge in [-0.15, -0.1) is 0 Å². The largest absolute Gasteiger partial charge is 0.330 e. The Labute approximate surface area is 74.3 Å². The van der Waals surface area contributed by atoms with Crippen molar-refractivity contribution in [3.63, 3.8) is 0 Å². The number of hydrogen-bond acceptors (Lipinski definition) is 3. The molecular formula is C9H19NO2. The van der Waals surface area contributed by atoms with Crippen molar-refractivity contribution in [3.05, 3.63) is 0 Å². The van der Waals surface area contributed by atoms with Gasteiger partial charge in [0.2, 0.25) is 0 Å². The van der Waals surface area contributed by atoms with E-state index in [0.29, 0.717) is 0 Å². The van der Waals surface area contributed by atoms with E-state index in [-0.39, 0.29) is 11.6 Å². The molecule has 2 N–H and O–H groups in total. The second-order valence-corrected chi connectivity index (χ2v) is 2.61. The molecule has 0 aliphatic heterocycles. The summed E-state index contributed by atoms with van der Waals surface area (Å²) in [5.74, 6) is -0.759. The van der Waals surface area contributed by atoms with Crippen LogP contribution in [0.25, 0.3) is 0 Å². The summed E-state index contributed by atoms with van der Waals surface area (Å²) in [6, 6.07) is 0. The molecule has 0 saturated carbocycles. The zero-order chi connectivity index (χ0) is 9.98. The van der Waals surface area contributed by atoms with Crippen LogP contribution in [0.15, 0.2) is 0 Å². The number of hydrogen-bond donors (Lipinski definition) is 1. The molecule has 0 amide bonds. The molecule has 0 atom stereocenters. The van der Waals surface area contributed by atoms with Crippen molar-refractivity contribution in [2.45, 2.75) is 40.0 Å². The Bertz CT molecular complexity index is 116. The summed E-state index contributed by atoms with van der Waals surface area (Å²) in [5.41, 5.74) is 5.21. The number of nitrogens with two attached hydrogens (primary N) is 1. The van der Waals surface area contributed by atoms with Crippen molar-refractivity contribution < 1.29 is 9.59 Å². The Morgan fingerprint density at radius 2 is 1.50 bits per heavy atom. The lowest BCUT2D eigenvalue weighted by atomic mass is 10.3. The van der Waals surface area contributed by atoms with Crippen LogP contribution in [0.2, 0.25) is 0 Å². The van der Waals surface area contributed by atoms with Gasteiger partial charge < -0.3 is 5.73 Å². The molecule has 0 aromatic carbocycles. The Hall–Kier alpha value is -0.700. The van der Waals surface area contributed by atoms with Crippen molar-refractivity contribution in [2.24, 2.45) is 5.73 Å². The van der Waals surface area contributed by atoms with E-state index in [1.165, 1.54) is 33.1 Å². The van der Waals surface area contributed by atoms with E-state index in [0.717, 1.165) is 6.54 Å². The maximum atomic E-state index is 9.79. The van der Waals surface area contributed by atoms with Gasteiger partial charge in [-0.3, -0.25) is 9.59 Å². The summed E-state index contributed by atoms with van der Waals surface area (Å²) in [7, 11) is 0. The number of ketones is 2. The predicted molar refractivity (Wildman–Crippen MR) is 49.9 cm³/mol. The minimum Gasteiger partial charge on any atom is -0.330 e. The highest BCUT2D eigenvalue weighted by Gasteiger charge is 1.94. The van der Waals surface area contributed by atoms with Gasteiger partial charge in [0.1, 0.15) is 0 Å². The quantitative estimate of drug-likeness (QED) is 0.515. The van der Waals surface area contributed by atoms with Crippen molar-refractivity contribution in [1.29, 1.82) is 0 Å². The SMILES string of the molecule is CC(=O)C(C)=O.CCCCCN. The van der Waals surface area contributed by atoms with Crippen LogP contribution in [-0.4, -0.2) is 18.1 Å². The van der Waals surface area contributed by atoms with Crippen molar-refractivity contribution >= 4 is 11.6 Å². The van der Waals surface area contributed by atoms with Gasteiger partial charge in [-0.2, -0.15) is 0 Å². The van der Waals surface area contributed by atoms with E-state index in [9.17, 15) is 9.59 Å². The van der Waals surface area contributed by atoms with Crippen LogP contribution < -0.4 is 5.73 Å². The molecule has 3 heteroatoms. The van der Waals surface area contributed by atoms with Crippen LogP contribution >= 0.6 is 0 Å². The summed E-state index contributed by atoms with van der Waals surface area (Å²) >= 11 is 0. The number of unbranched alkanes of at least 4 members (excludes halogenated alkanes) is 2. The first-order chi connectivity index (χ1) is 5.56. The van der Waals surface area contributed by atoms with Crippen molar-refractivity contribution in [2.75, 3.05) is 6.54 Å². The third-order valence-corrected chi connectivity index (χ3v) is 1.30. The smallest absolute Gasteiger partial charge is 0.195 e. The zero-order valence-electron chi connectivity index (χ0n) is 8.22. The fourth-order valence-electron chi connectivity index (χ4n) is 0.394. The monoisotopic (exact) mass is 173 g/mol. The molecule has 0 fully saturated rings. The summed E-state index contributed by atoms with van der Waals surface area (Å²) in [6.45, 7) is 5.54. The molecular weight excluding hydrogens is 154 g/mol. The second kappa shape index (κ2) is 10.3. The lowest BCUT2D eigenvalue weighted by molar-refractivity contribution is -0.134. The van der Waals surface area contributed by atoms with E-state index < -0.39 is 0 Å². The highest BCUT2D eigenvalue weighted by molar-refractivity contribution is 6.35. The fraction of sp³-hybridized carbons (Fsp3) is 0.778. The van der Waals surface area contributed by atoms with E-state index in [4.69, 9.17) is 5.73 Å². The topological polar surface area (TPSA) is 60.2 Å². The van der Waals surface area contributed by atoms with Crippen LogP contribution in [0.4, 0.5) is 0 Å². The molecule has 0 aromatic rings. The van der Waals surface area contributed by atoms with E-state index in [2.05, 4.69) is 6.92 Å². The summed E-state index contributed by atoms with van der Waals surface area (Å²) in [6.07, 6.45) is 3.75. The average Bonchev–Trinajstić information content (AvgIpc) is 2.02. The van der Waals surface area contributed by atoms with Crippen LogP contribution in [0.1, 0.15) is 40.0 Å². The highest BCUT2D eigenvalue weighted by atomic mass is 16.2. The Morgan fingerprint density at radius 1 is 1.08 bits per heavy atom. The second-order valence-electron chi connectivity index (χ2n) is 2.61. The summed E-state index contributed by atoms with van der Waals surface area (Å²) < 4.78 is 0. The molecule has 3 nitrogen and oxygen atoms in total. The van der Waals surface area contributed by atoms with Crippen molar-refractivity contribution in [3.8, 4) is 0 Å². The molecule has 0 aromatic heterocycles. The van der Waals surface area contributed by atoms with Crippen LogP contribution in [-0.2, 0) is 9.59 Å². The standard InChI is InChI=1S/C5H13N.C4H6O2/c1-2-3-4-5-6;1-3(5)4(2)6/h2-6H2,1H3;1-2H3. The van der Waals surface area contributed by atoms with Crippen LogP contribution in [0, 0.1) is 0 Å². The van der Waals surface area contributed by atoms with Gasteiger partial charge in [-0.05, 0) is 13.0 Å². The van der Waals surface area contributed by atoms with Gasteiger partial charge in [0.15, 0.2) is 11.6 Å². The van der Waals surface area contributed by atoms with E-state index >= 15 is 0 Å². The third-order valence-electron chi connectivity index (χ3n) is 1.30. The van der Waals surface area contributed by atoms with Crippen LogP contribution in [0.5, 0.6) is 0 Å². The predicted octanol–water partition coefficient (Wildman–Crippen LogP) is 1.30. The van der Waals surface area contributed by atoms with Crippen molar-refractivity contribution in [1.82, 2.24) is 0 Å². The Balaban J connectivity index is 0. The lowest BCUT2D eigenvalue weighted by Gasteiger charge is -1.86. The first kappa shape index (κ1) is 13.9. The summed E-state index contributed by atoms with van der Waals surface area (Å²) in [4.78, 5) is 19.6. The van der Waals surface area contributed by atoms with Crippen LogP contribution in [0.3, 0.4) is 0 Å². The molecule has 0 radical (unpaired) electrons. The number of carbonyl (C=O) groups excluding carboxylic acids is 2. The number of rotatable bonds is 4. The molecule has 0 aliphatic carbocycles. The molecule has 0 heterocycles. The van der Waals surface area contributed by atoms with Gasteiger partial charge >= 0.3 is 0 Å². The van der Waals surface area contributed by atoms with E-state index in [1.807, 2.05) is 0 Å². The highest BCUT2D eigenvalue weighted by Crippen LogP contribution is 1.88. The minimum atomic E-state index is -0.380. The first-order valence-corrected chi connectivity index (χ1v) is 4.27. The maximum absolute atomic E-state index is 9.79. The first-order valence-electron chi connectivity index (χ1n) is 4.27. The Morgan fingerprint density at radius 3 is 1.58 bits per heavy atom. The number of Topliss-reactive ketones (excluding diaryl/α,β-unsaturated/α-hetero) is 2. The van der Waals surface area contributed by atoms with E-state index in [1.54, 1.807) is 0 Å². The average molecular weight is 173 g/mol. The molecule has 0 saturated heterocycles. The Kier molecular flexibility index (Phi) is 11.9. The van der Waals surface area contributed by atoms with Gasteiger partial charge in [0, 0.05) is 13.8 Å². The molecule has 0 spiro atoms. The van der Waals surface area contributed by atoms with Gasteiger partial charge in [-0.25, -0.2) is 0 Å². The number of carbonyl (C=O) groups is 2. The summed E-state index contributed by atoms with van der Waals surface area (Å²) in [5, 5.41) is 0. The van der Waals surface area contributed by atoms with Gasteiger partial charge in [0.25, 0.3) is 0 Å². The normalized spacial score (nSPS) is 8.33. The zero-order valence-corrected chi connectivity index (χ0v) is 8.22. The molecule has 0 aliphatic rings. The lowest BCUT2D eigenvalue weighted by Crippen LogP contribution is -2.01. The molecule has 12 heavy (non-hydrogen) atoms. The molecule has 0 bridgehead atoms.